The SMILES string of the molecule is Cc1cc(Cl)c(-n2cc(S(N)=O)c(C(=O)S)n2)c(Cl)c1. The van der Waals surface area contributed by atoms with E-state index in [1.54, 1.807) is 12.1 Å². The van der Waals surface area contributed by atoms with Crippen molar-refractivity contribution in [3.63, 3.8) is 0 Å². The first kappa shape index (κ1) is 15.5. The molecule has 2 rings (SSSR count). The van der Waals surface area contributed by atoms with Gasteiger partial charge in [-0.25, -0.2) is 14.0 Å². The number of nitrogens with zero attached hydrogens (tertiary/aromatic N) is 2. The maximum Gasteiger partial charge on any atom is 0.237 e. The van der Waals surface area contributed by atoms with Crippen LogP contribution in [-0.2, 0) is 11.0 Å². The summed E-state index contributed by atoms with van der Waals surface area (Å²) in [5.74, 6) is 0. The molecule has 2 N–H and O–H groups in total. The van der Waals surface area contributed by atoms with Crippen molar-refractivity contribution in [2.45, 2.75) is 11.8 Å². The number of thiol groups is 1. The van der Waals surface area contributed by atoms with Gasteiger partial charge in [0.2, 0.25) is 5.12 Å². The van der Waals surface area contributed by atoms with Crippen molar-refractivity contribution in [3.05, 3.63) is 39.6 Å². The molecule has 5 nitrogen and oxygen atoms in total. The van der Waals surface area contributed by atoms with E-state index in [4.69, 9.17) is 28.3 Å². The standard InChI is InChI=1S/C11H9Cl2N3O2S2/c1-5-2-6(12)10(7(13)3-5)16-4-8(20(14)18)9(15-16)11(17)19/h2-4H,14H2,1H3,(H,17,19). The number of hydrogen-bond donors (Lipinski definition) is 2. The van der Waals surface area contributed by atoms with E-state index >= 15 is 0 Å². The van der Waals surface area contributed by atoms with Gasteiger partial charge in [-0.05, 0) is 24.6 Å². The number of rotatable bonds is 3. The second kappa shape index (κ2) is 5.87. The average molecular weight is 350 g/mol. The van der Waals surface area contributed by atoms with Gasteiger partial charge in [0.25, 0.3) is 0 Å². The highest BCUT2D eigenvalue weighted by molar-refractivity contribution is 7.97. The summed E-state index contributed by atoms with van der Waals surface area (Å²) in [4.78, 5) is 11.4. The van der Waals surface area contributed by atoms with Crippen LogP contribution in [0.3, 0.4) is 0 Å². The van der Waals surface area contributed by atoms with Crippen molar-refractivity contribution < 1.29 is 9.00 Å². The molecule has 2 aromatic rings. The summed E-state index contributed by atoms with van der Waals surface area (Å²) in [7, 11) is -1.87. The lowest BCUT2D eigenvalue weighted by atomic mass is 10.2. The molecule has 1 aromatic heterocycles. The van der Waals surface area contributed by atoms with Gasteiger partial charge in [-0.3, -0.25) is 4.79 Å². The number of benzene rings is 1. The van der Waals surface area contributed by atoms with Crippen LogP contribution in [0.2, 0.25) is 10.0 Å². The molecule has 9 heteroatoms. The fourth-order valence-corrected chi connectivity index (χ4v) is 3.22. The van der Waals surface area contributed by atoms with E-state index in [1.165, 1.54) is 10.9 Å². The Hall–Kier alpha value is -0.860. The molecule has 106 valence electrons. The second-order valence-corrected chi connectivity index (χ2v) is 6.22. The Morgan fingerprint density at radius 3 is 2.35 bits per heavy atom. The number of carbonyl (C=O) groups excluding carboxylic acids is 1. The Morgan fingerprint density at radius 2 is 1.95 bits per heavy atom. The summed E-state index contributed by atoms with van der Waals surface area (Å²) < 4.78 is 12.7. The van der Waals surface area contributed by atoms with E-state index in [0.717, 1.165) is 5.56 Å². The van der Waals surface area contributed by atoms with E-state index in [9.17, 15) is 9.00 Å². The summed E-state index contributed by atoms with van der Waals surface area (Å²) in [6.45, 7) is 1.84. The molecule has 0 fully saturated rings. The summed E-state index contributed by atoms with van der Waals surface area (Å²) in [5, 5.41) is 9.37. The summed E-state index contributed by atoms with van der Waals surface area (Å²) in [6, 6.07) is 3.40. The maximum absolute atomic E-state index is 11.4. The fourth-order valence-electron chi connectivity index (χ4n) is 1.68. The van der Waals surface area contributed by atoms with Gasteiger partial charge < -0.3 is 0 Å². The quantitative estimate of drug-likeness (QED) is 0.835. The van der Waals surface area contributed by atoms with Gasteiger partial charge in [-0.1, -0.05) is 35.8 Å². The van der Waals surface area contributed by atoms with E-state index < -0.39 is 16.1 Å². The Bertz CT molecular complexity index is 676. The average Bonchev–Trinajstić information content (AvgIpc) is 2.72. The van der Waals surface area contributed by atoms with E-state index in [1.807, 2.05) is 6.92 Å². The van der Waals surface area contributed by atoms with Crippen LogP contribution in [0.5, 0.6) is 0 Å². The molecule has 1 aromatic carbocycles. The molecular formula is C11H9Cl2N3O2S2. The molecule has 20 heavy (non-hydrogen) atoms. The van der Waals surface area contributed by atoms with Crippen LogP contribution >= 0.6 is 35.8 Å². The predicted molar refractivity (Wildman–Crippen MR) is 82.2 cm³/mol. The molecule has 0 bridgehead atoms. The third kappa shape index (κ3) is 2.91. The highest BCUT2D eigenvalue weighted by atomic mass is 35.5. The molecule has 1 heterocycles. The lowest BCUT2D eigenvalue weighted by molar-refractivity contribution is 0.108. The minimum atomic E-state index is -1.87. The molecule has 0 amide bonds. The molecule has 1 atom stereocenters. The van der Waals surface area contributed by atoms with Crippen LogP contribution < -0.4 is 5.14 Å². The van der Waals surface area contributed by atoms with Gasteiger partial charge in [0.05, 0.1) is 10.0 Å². The van der Waals surface area contributed by atoms with Crippen molar-refractivity contribution in [1.29, 1.82) is 0 Å². The van der Waals surface area contributed by atoms with E-state index in [2.05, 4.69) is 17.7 Å². The number of halogens is 2. The maximum atomic E-state index is 11.4. The normalized spacial score (nSPS) is 12.4. The van der Waals surface area contributed by atoms with Gasteiger partial charge >= 0.3 is 0 Å². The van der Waals surface area contributed by atoms with Gasteiger partial charge in [0.15, 0.2) is 5.69 Å². The van der Waals surface area contributed by atoms with Crippen molar-refractivity contribution in [3.8, 4) is 5.69 Å². The summed E-state index contributed by atoms with van der Waals surface area (Å²) in [5.41, 5.74) is 1.16. The third-order valence-corrected chi connectivity index (χ3v) is 4.01. The lowest BCUT2D eigenvalue weighted by Crippen LogP contribution is -2.06. The molecular weight excluding hydrogens is 341 g/mol. The van der Waals surface area contributed by atoms with Crippen LogP contribution in [0.25, 0.3) is 5.69 Å². The third-order valence-electron chi connectivity index (χ3n) is 2.49. The van der Waals surface area contributed by atoms with E-state index in [-0.39, 0.29) is 10.6 Å². The monoisotopic (exact) mass is 349 g/mol. The minimum Gasteiger partial charge on any atom is -0.280 e. The minimum absolute atomic E-state index is 0.0673. The highest BCUT2D eigenvalue weighted by Gasteiger charge is 2.20. The van der Waals surface area contributed by atoms with Gasteiger partial charge in [0, 0.05) is 6.20 Å². The van der Waals surface area contributed by atoms with Gasteiger partial charge in [0.1, 0.15) is 21.6 Å². The highest BCUT2D eigenvalue weighted by Crippen LogP contribution is 2.30. The van der Waals surface area contributed by atoms with Crippen LogP contribution in [0, 0.1) is 6.92 Å². The lowest BCUT2D eigenvalue weighted by Gasteiger charge is -2.07. The Kier molecular flexibility index (Phi) is 4.55. The smallest absolute Gasteiger partial charge is 0.237 e. The first-order valence-corrected chi connectivity index (χ1v) is 7.68. The number of carbonyl (C=O) groups is 1. The first-order valence-electron chi connectivity index (χ1n) is 5.26. The second-order valence-electron chi connectivity index (χ2n) is 3.97. The molecule has 1 unspecified atom stereocenters. The Balaban J connectivity index is 2.69. The molecule has 0 aliphatic rings. The van der Waals surface area contributed by atoms with Gasteiger partial charge in [-0.2, -0.15) is 5.10 Å². The zero-order valence-electron chi connectivity index (χ0n) is 10.1. The predicted octanol–water partition coefficient (Wildman–Crippen LogP) is 2.54. The largest absolute Gasteiger partial charge is 0.280 e. The van der Waals surface area contributed by atoms with Crippen LogP contribution in [0.4, 0.5) is 0 Å². The molecule has 0 radical (unpaired) electrons. The Morgan fingerprint density at radius 1 is 1.40 bits per heavy atom. The number of hydrogen-bond acceptors (Lipinski definition) is 3. The van der Waals surface area contributed by atoms with Crippen molar-refractivity contribution in [2.75, 3.05) is 0 Å². The fraction of sp³-hybridized carbons (Fsp3) is 0.0909. The topological polar surface area (TPSA) is 78.0 Å². The van der Waals surface area contributed by atoms with Crippen molar-refractivity contribution in [2.24, 2.45) is 5.14 Å². The molecule has 0 saturated carbocycles. The number of aryl methyl sites for hydroxylation is 1. The van der Waals surface area contributed by atoms with Crippen molar-refractivity contribution in [1.82, 2.24) is 9.78 Å². The number of aromatic nitrogens is 2. The zero-order valence-corrected chi connectivity index (χ0v) is 13.4. The molecule has 0 spiro atoms. The zero-order chi connectivity index (χ0) is 15.0. The molecule has 0 aliphatic carbocycles. The van der Waals surface area contributed by atoms with Crippen LogP contribution in [-0.4, -0.2) is 19.1 Å². The van der Waals surface area contributed by atoms with Crippen molar-refractivity contribution >= 4 is 51.9 Å². The first-order chi connectivity index (χ1) is 9.31. The number of nitrogens with two attached hydrogens (primary N) is 1. The van der Waals surface area contributed by atoms with Crippen LogP contribution in [0.1, 0.15) is 16.1 Å². The Labute approximate surface area is 133 Å². The molecule has 0 aliphatic heterocycles. The summed E-state index contributed by atoms with van der Waals surface area (Å²) >= 11 is 15.9. The van der Waals surface area contributed by atoms with Gasteiger partial charge in [-0.15, -0.1) is 0 Å². The summed E-state index contributed by atoms with van der Waals surface area (Å²) in [6.07, 6.45) is 1.35. The van der Waals surface area contributed by atoms with Crippen LogP contribution in [0.15, 0.2) is 23.2 Å². The molecule has 0 saturated heterocycles. The van der Waals surface area contributed by atoms with E-state index in [0.29, 0.717) is 15.7 Å².